The molecule has 1 unspecified atom stereocenters. The van der Waals surface area contributed by atoms with Crippen molar-refractivity contribution in [3.05, 3.63) is 29.6 Å². The lowest BCUT2D eigenvalue weighted by atomic mass is 10.2. The predicted molar refractivity (Wildman–Crippen MR) is 67.9 cm³/mol. The van der Waals surface area contributed by atoms with Crippen LogP contribution in [0.5, 0.6) is 0 Å². The summed E-state index contributed by atoms with van der Waals surface area (Å²) in [5.41, 5.74) is 2.02. The Kier molecular flexibility index (Phi) is 6.32. The Labute approximate surface area is 107 Å². The molecule has 0 radical (unpaired) electrons. The lowest BCUT2D eigenvalue weighted by Crippen LogP contribution is -2.29. The number of nitrogens with zero attached hydrogens (tertiary/aromatic N) is 1. The predicted octanol–water partition coefficient (Wildman–Crippen LogP) is 0.794. The van der Waals surface area contributed by atoms with E-state index in [4.69, 9.17) is 4.74 Å². The molecule has 1 heterocycles. The fourth-order valence-corrected chi connectivity index (χ4v) is 1.47. The zero-order valence-electron chi connectivity index (χ0n) is 10.8. The summed E-state index contributed by atoms with van der Waals surface area (Å²) >= 11 is 0. The van der Waals surface area contributed by atoms with Crippen LogP contribution in [0.3, 0.4) is 0 Å². The molecule has 0 bridgehead atoms. The summed E-state index contributed by atoms with van der Waals surface area (Å²) in [5.74, 6) is -0.371. The minimum absolute atomic E-state index is 0.0208. The van der Waals surface area contributed by atoms with E-state index in [2.05, 4.69) is 10.3 Å². The van der Waals surface area contributed by atoms with E-state index in [0.717, 1.165) is 11.3 Å². The van der Waals surface area contributed by atoms with Crippen molar-refractivity contribution in [1.82, 2.24) is 10.3 Å². The summed E-state index contributed by atoms with van der Waals surface area (Å²) in [7, 11) is 0. The summed E-state index contributed by atoms with van der Waals surface area (Å²) in [6.07, 6.45) is 1.09. The number of hydrogen-bond donors (Lipinski definition) is 2. The molecule has 1 rings (SSSR count). The van der Waals surface area contributed by atoms with E-state index >= 15 is 0 Å². The van der Waals surface area contributed by atoms with Gasteiger partial charge in [0.2, 0.25) is 0 Å². The monoisotopic (exact) mass is 252 g/mol. The molecule has 0 aliphatic rings. The first-order valence-electron chi connectivity index (χ1n) is 6.07. The molecule has 0 aliphatic heterocycles. The van der Waals surface area contributed by atoms with Crippen molar-refractivity contribution in [2.24, 2.45) is 0 Å². The molecule has 5 heteroatoms. The van der Waals surface area contributed by atoms with Crippen LogP contribution in [-0.4, -0.2) is 35.3 Å². The van der Waals surface area contributed by atoms with Gasteiger partial charge in [-0.3, -0.25) is 9.78 Å². The minimum Gasteiger partial charge on any atom is -0.466 e. The van der Waals surface area contributed by atoms with Gasteiger partial charge in [0.25, 0.3) is 0 Å². The number of aryl methyl sites for hydroxylation is 1. The van der Waals surface area contributed by atoms with E-state index in [9.17, 15) is 9.90 Å². The highest BCUT2D eigenvalue weighted by Gasteiger charge is 2.10. The van der Waals surface area contributed by atoms with E-state index < -0.39 is 6.10 Å². The van der Waals surface area contributed by atoms with Gasteiger partial charge in [0.1, 0.15) is 0 Å². The largest absolute Gasteiger partial charge is 0.466 e. The zero-order valence-corrected chi connectivity index (χ0v) is 10.8. The number of esters is 1. The molecule has 1 aromatic heterocycles. The maximum absolute atomic E-state index is 11.1. The average Bonchev–Trinajstić information content (AvgIpc) is 2.32. The molecule has 0 amide bonds. The van der Waals surface area contributed by atoms with Crippen LogP contribution in [0.1, 0.15) is 24.6 Å². The van der Waals surface area contributed by atoms with Crippen LogP contribution in [0.4, 0.5) is 0 Å². The van der Waals surface area contributed by atoms with Crippen LogP contribution in [0.15, 0.2) is 18.3 Å². The smallest absolute Gasteiger partial charge is 0.308 e. The maximum atomic E-state index is 11.1. The van der Waals surface area contributed by atoms with Crippen molar-refractivity contribution in [2.45, 2.75) is 32.9 Å². The number of pyridine rings is 1. The third-order valence-electron chi connectivity index (χ3n) is 2.39. The number of hydrogen-bond acceptors (Lipinski definition) is 5. The molecule has 5 nitrogen and oxygen atoms in total. The Balaban J connectivity index is 2.21. The molecule has 0 fully saturated rings. The van der Waals surface area contributed by atoms with Crippen LogP contribution >= 0.6 is 0 Å². The van der Waals surface area contributed by atoms with Gasteiger partial charge < -0.3 is 15.2 Å². The summed E-state index contributed by atoms with van der Waals surface area (Å²) < 4.78 is 4.75. The van der Waals surface area contributed by atoms with E-state index in [0.29, 0.717) is 19.7 Å². The molecule has 0 spiro atoms. The van der Waals surface area contributed by atoms with Gasteiger partial charge in [-0.05, 0) is 25.5 Å². The van der Waals surface area contributed by atoms with Gasteiger partial charge >= 0.3 is 5.97 Å². The number of ether oxygens (including phenoxy) is 1. The highest BCUT2D eigenvalue weighted by atomic mass is 16.5. The first kappa shape index (κ1) is 14.6. The second kappa shape index (κ2) is 7.79. The molecule has 2 N–H and O–H groups in total. The molecule has 100 valence electrons. The second-order valence-electron chi connectivity index (χ2n) is 4.10. The first-order valence-corrected chi connectivity index (χ1v) is 6.07. The van der Waals surface area contributed by atoms with Crippen molar-refractivity contribution in [3.63, 3.8) is 0 Å². The van der Waals surface area contributed by atoms with Gasteiger partial charge in [-0.25, -0.2) is 0 Å². The van der Waals surface area contributed by atoms with Gasteiger partial charge in [-0.1, -0.05) is 6.07 Å². The molecule has 18 heavy (non-hydrogen) atoms. The van der Waals surface area contributed by atoms with Crippen LogP contribution in [0, 0.1) is 6.92 Å². The number of carbonyl (C=O) groups is 1. The number of nitrogens with one attached hydrogen (secondary N) is 1. The SMILES string of the molecule is CCOC(=O)CC(O)CNCc1ccc(C)nc1. The van der Waals surface area contributed by atoms with Crippen molar-refractivity contribution in [2.75, 3.05) is 13.2 Å². The van der Waals surface area contributed by atoms with Crippen LogP contribution in [-0.2, 0) is 16.1 Å². The van der Waals surface area contributed by atoms with Gasteiger partial charge in [0.05, 0.1) is 19.1 Å². The molecule has 0 saturated heterocycles. The zero-order chi connectivity index (χ0) is 13.4. The van der Waals surface area contributed by atoms with Crippen molar-refractivity contribution >= 4 is 5.97 Å². The number of carbonyl (C=O) groups excluding carboxylic acids is 1. The summed E-state index contributed by atoms with van der Waals surface area (Å²) in [6, 6.07) is 3.92. The number of aliphatic hydroxyl groups is 1. The van der Waals surface area contributed by atoms with E-state index in [-0.39, 0.29) is 12.4 Å². The van der Waals surface area contributed by atoms with Crippen molar-refractivity contribution < 1.29 is 14.6 Å². The van der Waals surface area contributed by atoms with Crippen LogP contribution in [0.25, 0.3) is 0 Å². The molecular formula is C13H20N2O3. The lowest BCUT2D eigenvalue weighted by molar-refractivity contribution is -0.145. The first-order chi connectivity index (χ1) is 8.61. The summed E-state index contributed by atoms with van der Waals surface area (Å²) in [5, 5.41) is 12.7. The standard InChI is InChI=1S/C13H20N2O3/c1-3-18-13(17)6-12(16)9-14-7-11-5-4-10(2)15-8-11/h4-5,8,12,14,16H,3,6-7,9H2,1-2H3. The Morgan fingerprint density at radius 3 is 2.94 bits per heavy atom. The Hall–Kier alpha value is -1.46. The number of aliphatic hydroxyl groups excluding tert-OH is 1. The fourth-order valence-electron chi connectivity index (χ4n) is 1.47. The van der Waals surface area contributed by atoms with E-state index in [1.54, 1.807) is 13.1 Å². The fraction of sp³-hybridized carbons (Fsp3) is 0.538. The summed E-state index contributed by atoms with van der Waals surface area (Å²) in [6.45, 7) is 4.99. The second-order valence-corrected chi connectivity index (χ2v) is 4.10. The van der Waals surface area contributed by atoms with Crippen LogP contribution in [0.2, 0.25) is 0 Å². The summed E-state index contributed by atoms with van der Waals surface area (Å²) in [4.78, 5) is 15.3. The molecule has 1 atom stereocenters. The van der Waals surface area contributed by atoms with Crippen LogP contribution < -0.4 is 5.32 Å². The Morgan fingerprint density at radius 1 is 1.56 bits per heavy atom. The molecule has 1 aromatic rings. The van der Waals surface area contributed by atoms with E-state index in [1.165, 1.54) is 0 Å². The molecule has 0 aliphatic carbocycles. The van der Waals surface area contributed by atoms with E-state index in [1.807, 2.05) is 19.1 Å². The Morgan fingerprint density at radius 2 is 2.33 bits per heavy atom. The van der Waals surface area contributed by atoms with Gasteiger partial charge in [0, 0.05) is 25.0 Å². The number of rotatable bonds is 7. The third-order valence-corrected chi connectivity index (χ3v) is 2.39. The molecular weight excluding hydrogens is 232 g/mol. The molecule has 0 saturated carbocycles. The van der Waals surface area contributed by atoms with Crippen molar-refractivity contribution in [3.8, 4) is 0 Å². The third kappa shape index (κ3) is 5.75. The average molecular weight is 252 g/mol. The van der Waals surface area contributed by atoms with Gasteiger partial charge in [-0.15, -0.1) is 0 Å². The quantitative estimate of drug-likeness (QED) is 0.702. The topological polar surface area (TPSA) is 71.5 Å². The highest BCUT2D eigenvalue weighted by Crippen LogP contribution is 1.99. The van der Waals surface area contributed by atoms with Gasteiger partial charge in [-0.2, -0.15) is 0 Å². The highest BCUT2D eigenvalue weighted by molar-refractivity contribution is 5.69. The lowest BCUT2D eigenvalue weighted by Gasteiger charge is -2.11. The normalized spacial score (nSPS) is 12.2. The molecule has 0 aromatic carbocycles. The maximum Gasteiger partial charge on any atom is 0.308 e. The number of aromatic nitrogens is 1. The van der Waals surface area contributed by atoms with Gasteiger partial charge in [0.15, 0.2) is 0 Å². The minimum atomic E-state index is -0.720. The Bertz CT molecular complexity index is 365. The van der Waals surface area contributed by atoms with Crippen molar-refractivity contribution in [1.29, 1.82) is 0 Å².